The number of hydrogen-bond acceptors (Lipinski definition) is 9. The highest BCUT2D eigenvalue weighted by molar-refractivity contribution is 7.89. The van der Waals surface area contributed by atoms with E-state index in [2.05, 4.69) is 15.0 Å². The molecule has 1 aliphatic heterocycles. The molecule has 19 heteroatoms. The van der Waals surface area contributed by atoms with Crippen molar-refractivity contribution in [1.82, 2.24) is 19.9 Å². The Morgan fingerprint density at radius 3 is 2.48 bits per heavy atom. The van der Waals surface area contributed by atoms with E-state index in [-0.39, 0.29) is 47.9 Å². The number of hydrogen-bond donors (Lipinski definition) is 2. The number of amides is 4. The second-order valence-corrected chi connectivity index (χ2v) is 16.6. The first kappa shape index (κ1) is 41.9. The van der Waals surface area contributed by atoms with E-state index >= 15 is 4.39 Å². The first-order valence-electron chi connectivity index (χ1n) is 17.4. The quantitative estimate of drug-likeness (QED) is 0.252. The number of aromatic nitrogens is 1. The highest BCUT2D eigenvalue weighted by Gasteiger charge is 2.49. The molecule has 2 N–H and O–H groups in total. The standard InChI is InChI=1S/C37H39ClF3N7O7S/c1-36(2,3)55-35(52)46(4)14-13-44-56(53,54)26-17-23(39)16-25(18-26)47(34(51)29-9-10-31(49)48(29)30-15-22(21-42)11-12-43-30)32(27-7-5-6-8-28(27)38)33(50)45-24-19-37(40,41)20-24/h5-8,11-12,15-18,24,29,32,44H,9-10,13-14,19-20H2,1-4H3,(H,45,50)/t29-,32?/m0/s1. The fraction of sp³-hybridized carbons (Fsp3) is 0.405. The van der Waals surface area contributed by atoms with Crippen molar-refractivity contribution in [1.29, 1.82) is 5.26 Å². The molecule has 14 nitrogen and oxygen atoms in total. The van der Waals surface area contributed by atoms with Crippen molar-refractivity contribution in [3.05, 3.63) is 82.8 Å². The summed E-state index contributed by atoms with van der Waals surface area (Å²) in [7, 11) is -3.19. The number of nitriles is 1. The molecule has 0 bridgehead atoms. The highest BCUT2D eigenvalue weighted by atomic mass is 35.5. The van der Waals surface area contributed by atoms with Gasteiger partial charge in [0.1, 0.15) is 29.3 Å². The molecule has 1 aliphatic carbocycles. The molecule has 4 amide bonds. The summed E-state index contributed by atoms with van der Waals surface area (Å²) in [5, 5.41) is 12.0. The van der Waals surface area contributed by atoms with Crippen molar-refractivity contribution in [3.8, 4) is 6.07 Å². The van der Waals surface area contributed by atoms with E-state index in [0.29, 0.717) is 6.07 Å². The van der Waals surface area contributed by atoms with Gasteiger partial charge in [0.2, 0.25) is 21.8 Å². The van der Waals surface area contributed by atoms with Crippen molar-refractivity contribution in [2.45, 2.75) is 81.0 Å². The molecule has 0 spiro atoms. The Morgan fingerprint density at radius 2 is 1.84 bits per heavy atom. The summed E-state index contributed by atoms with van der Waals surface area (Å²) in [6, 6.07) is 8.58. The zero-order valence-corrected chi connectivity index (χ0v) is 32.3. The highest BCUT2D eigenvalue weighted by Crippen LogP contribution is 2.40. The van der Waals surface area contributed by atoms with Crippen LogP contribution >= 0.6 is 11.6 Å². The van der Waals surface area contributed by atoms with Gasteiger partial charge < -0.3 is 15.0 Å². The number of carbonyl (C=O) groups is 4. The zero-order chi connectivity index (χ0) is 41.2. The Bertz CT molecular complexity index is 2170. The maximum atomic E-state index is 15.7. The molecular formula is C37H39ClF3N7O7S. The molecule has 1 unspecified atom stereocenters. The molecule has 3 aromatic rings. The smallest absolute Gasteiger partial charge is 0.410 e. The Labute approximate surface area is 326 Å². The summed E-state index contributed by atoms with van der Waals surface area (Å²) >= 11 is 6.59. The van der Waals surface area contributed by atoms with Gasteiger partial charge in [-0.1, -0.05) is 29.8 Å². The van der Waals surface area contributed by atoms with Gasteiger partial charge in [-0.15, -0.1) is 0 Å². The largest absolute Gasteiger partial charge is 0.444 e. The van der Waals surface area contributed by atoms with Crippen LogP contribution in [0.25, 0.3) is 0 Å². The van der Waals surface area contributed by atoms with E-state index in [1.165, 1.54) is 49.6 Å². The van der Waals surface area contributed by atoms with Crippen molar-refractivity contribution in [3.63, 3.8) is 0 Å². The van der Waals surface area contributed by atoms with Gasteiger partial charge in [-0.3, -0.25) is 24.2 Å². The van der Waals surface area contributed by atoms with Crippen LogP contribution in [-0.4, -0.2) is 85.9 Å². The van der Waals surface area contributed by atoms with Crippen LogP contribution in [0.1, 0.15) is 63.6 Å². The van der Waals surface area contributed by atoms with Crippen LogP contribution in [-0.2, 0) is 29.1 Å². The van der Waals surface area contributed by atoms with E-state index < -0.39 is 92.7 Å². The lowest BCUT2D eigenvalue weighted by Crippen LogP contribution is -2.56. The first-order chi connectivity index (χ1) is 26.2. The van der Waals surface area contributed by atoms with Crippen LogP contribution in [0.15, 0.2) is 65.7 Å². The summed E-state index contributed by atoms with van der Waals surface area (Å²) in [4.78, 5) is 61.4. The molecule has 2 aliphatic rings. The Kier molecular flexibility index (Phi) is 12.3. The number of likely N-dealkylation sites (N-methyl/N-ethyl adjacent to an activating group) is 1. The monoisotopic (exact) mass is 817 g/mol. The predicted octanol–water partition coefficient (Wildman–Crippen LogP) is 5.07. The molecule has 2 fully saturated rings. The van der Waals surface area contributed by atoms with Crippen LogP contribution in [0.4, 0.5) is 29.5 Å². The topological polar surface area (TPSA) is 182 Å². The average molecular weight is 818 g/mol. The second kappa shape index (κ2) is 16.5. The van der Waals surface area contributed by atoms with Gasteiger partial charge in [0, 0.05) is 67.9 Å². The summed E-state index contributed by atoms with van der Waals surface area (Å²) in [6.45, 7) is 4.50. The third-order valence-electron chi connectivity index (χ3n) is 8.89. The van der Waals surface area contributed by atoms with Crippen LogP contribution in [0.2, 0.25) is 5.02 Å². The number of nitrogens with zero attached hydrogens (tertiary/aromatic N) is 5. The van der Waals surface area contributed by atoms with Gasteiger partial charge in [-0.05, 0) is 63.6 Å². The minimum Gasteiger partial charge on any atom is -0.444 e. The maximum absolute atomic E-state index is 15.7. The molecule has 56 heavy (non-hydrogen) atoms. The Morgan fingerprint density at radius 1 is 1.14 bits per heavy atom. The number of alkyl halides is 2. The summed E-state index contributed by atoms with van der Waals surface area (Å²) in [5.41, 5.74) is -1.18. The fourth-order valence-corrected chi connectivity index (χ4v) is 7.54. The molecular weight excluding hydrogens is 779 g/mol. The molecule has 2 heterocycles. The third-order valence-corrected chi connectivity index (χ3v) is 10.7. The molecule has 2 aromatic carbocycles. The lowest BCUT2D eigenvalue weighted by Gasteiger charge is -2.39. The number of nitrogens with one attached hydrogen (secondary N) is 2. The third kappa shape index (κ3) is 9.75. The first-order valence-corrected chi connectivity index (χ1v) is 19.2. The van der Waals surface area contributed by atoms with Gasteiger partial charge in [-0.2, -0.15) is 5.26 Å². The van der Waals surface area contributed by atoms with Crippen LogP contribution in [0.3, 0.4) is 0 Å². The van der Waals surface area contributed by atoms with Crippen molar-refractivity contribution in [2.75, 3.05) is 29.9 Å². The van der Waals surface area contributed by atoms with E-state index in [9.17, 15) is 41.6 Å². The number of halogens is 4. The molecule has 2 atom stereocenters. The predicted molar refractivity (Wildman–Crippen MR) is 198 cm³/mol. The number of sulfonamides is 1. The van der Waals surface area contributed by atoms with Crippen molar-refractivity contribution in [2.24, 2.45) is 0 Å². The van der Waals surface area contributed by atoms with E-state index in [1.54, 1.807) is 20.8 Å². The average Bonchev–Trinajstić information content (AvgIpc) is 3.49. The second-order valence-electron chi connectivity index (χ2n) is 14.4. The number of anilines is 2. The summed E-state index contributed by atoms with van der Waals surface area (Å²) < 4.78 is 78.2. The lowest BCUT2D eigenvalue weighted by molar-refractivity contribution is -0.133. The molecule has 0 radical (unpaired) electrons. The maximum Gasteiger partial charge on any atom is 0.410 e. The van der Waals surface area contributed by atoms with Gasteiger partial charge in [0.05, 0.1) is 16.5 Å². The number of carbonyl (C=O) groups excluding carboxylic acids is 4. The minimum atomic E-state index is -4.58. The molecule has 5 rings (SSSR count). The Balaban J connectivity index is 1.59. The number of ether oxygens (including phenoxy) is 1. The number of rotatable bonds is 12. The zero-order valence-electron chi connectivity index (χ0n) is 30.8. The van der Waals surface area contributed by atoms with E-state index in [0.717, 1.165) is 26.8 Å². The van der Waals surface area contributed by atoms with E-state index in [4.69, 9.17) is 16.3 Å². The molecule has 1 saturated heterocycles. The lowest BCUT2D eigenvalue weighted by atomic mass is 9.87. The number of benzene rings is 2. The van der Waals surface area contributed by atoms with Crippen LogP contribution in [0.5, 0.6) is 0 Å². The molecule has 1 aromatic heterocycles. The van der Waals surface area contributed by atoms with Gasteiger partial charge in [0.15, 0.2) is 0 Å². The van der Waals surface area contributed by atoms with Crippen LogP contribution < -0.4 is 19.8 Å². The SMILES string of the molecule is CN(CCNS(=O)(=O)c1cc(F)cc(N(C(=O)[C@@H]2CCC(=O)N2c2cc(C#N)ccn2)C(C(=O)NC2CC(F)(F)C2)c2ccccc2Cl)c1)C(=O)OC(C)(C)C. The summed E-state index contributed by atoms with van der Waals surface area (Å²) in [5.74, 6) is -6.81. The van der Waals surface area contributed by atoms with Gasteiger partial charge >= 0.3 is 6.09 Å². The molecule has 1 saturated carbocycles. The van der Waals surface area contributed by atoms with Crippen LogP contribution in [0, 0.1) is 17.1 Å². The normalized spacial score (nSPS) is 17.4. The van der Waals surface area contributed by atoms with E-state index in [1.807, 2.05) is 6.07 Å². The van der Waals surface area contributed by atoms with Gasteiger partial charge in [-0.25, -0.2) is 36.1 Å². The Hall–Kier alpha value is -5.25. The minimum absolute atomic E-state index is 0.0245. The molecule has 298 valence electrons. The number of pyridine rings is 1. The summed E-state index contributed by atoms with van der Waals surface area (Å²) in [6.07, 6.45) is -1.15. The van der Waals surface area contributed by atoms with Crippen molar-refractivity contribution < 1.29 is 45.5 Å². The van der Waals surface area contributed by atoms with Crippen molar-refractivity contribution >= 4 is 56.9 Å². The fourth-order valence-electron chi connectivity index (χ4n) is 6.23. The van der Waals surface area contributed by atoms with Gasteiger partial charge in [0.25, 0.3) is 11.8 Å².